The third kappa shape index (κ3) is 4.25. The van der Waals surface area contributed by atoms with Crippen molar-refractivity contribution in [2.45, 2.75) is 46.6 Å². The van der Waals surface area contributed by atoms with E-state index in [1.807, 2.05) is 13.8 Å². The lowest BCUT2D eigenvalue weighted by atomic mass is 10.00. The predicted molar refractivity (Wildman–Crippen MR) is 73.0 cm³/mol. The Labute approximate surface area is 112 Å². The highest BCUT2D eigenvalue weighted by atomic mass is 32.1. The zero-order valence-corrected chi connectivity index (χ0v) is 12.1. The lowest BCUT2D eigenvalue weighted by Gasteiger charge is -2.19. The predicted octanol–water partition coefficient (Wildman–Crippen LogP) is 2.65. The molecule has 0 radical (unpaired) electrons. The van der Waals surface area contributed by atoms with Crippen LogP contribution in [0.5, 0.6) is 0 Å². The molecule has 2 atom stereocenters. The minimum Gasteiger partial charge on any atom is -0.480 e. The van der Waals surface area contributed by atoms with Gasteiger partial charge in [0.1, 0.15) is 11.9 Å². The van der Waals surface area contributed by atoms with Crippen molar-refractivity contribution in [1.82, 2.24) is 9.36 Å². The summed E-state index contributed by atoms with van der Waals surface area (Å²) in [6.07, 6.45) is 1.63. The maximum absolute atomic E-state index is 11.2. The summed E-state index contributed by atoms with van der Waals surface area (Å²) in [5.74, 6) is 0.494. The monoisotopic (exact) mass is 271 g/mol. The molecule has 102 valence electrons. The highest BCUT2D eigenvalue weighted by molar-refractivity contribution is 7.09. The zero-order valence-electron chi connectivity index (χ0n) is 11.3. The molecule has 0 aliphatic rings. The van der Waals surface area contributed by atoms with Gasteiger partial charge in [-0.1, -0.05) is 34.1 Å². The van der Waals surface area contributed by atoms with E-state index in [0.29, 0.717) is 11.0 Å². The van der Waals surface area contributed by atoms with E-state index >= 15 is 0 Å². The van der Waals surface area contributed by atoms with Gasteiger partial charge >= 0.3 is 5.97 Å². The Hall–Kier alpha value is -1.17. The molecular weight excluding hydrogens is 250 g/mol. The van der Waals surface area contributed by atoms with Crippen molar-refractivity contribution in [3.63, 3.8) is 0 Å². The van der Waals surface area contributed by atoms with Crippen molar-refractivity contribution in [2.24, 2.45) is 11.8 Å². The van der Waals surface area contributed by atoms with E-state index in [4.69, 9.17) is 0 Å². The third-order valence-electron chi connectivity index (χ3n) is 2.82. The summed E-state index contributed by atoms with van der Waals surface area (Å²) >= 11 is 1.23. The molecule has 0 fully saturated rings. The maximum atomic E-state index is 11.2. The van der Waals surface area contributed by atoms with Gasteiger partial charge in [0.15, 0.2) is 0 Å². The average molecular weight is 271 g/mol. The maximum Gasteiger partial charge on any atom is 0.326 e. The van der Waals surface area contributed by atoms with Crippen LogP contribution in [0.2, 0.25) is 0 Å². The van der Waals surface area contributed by atoms with Gasteiger partial charge < -0.3 is 10.4 Å². The van der Waals surface area contributed by atoms with Gasteiger partial charge in [0, 0.05) is 18.0 Å². The second-order valence-corrected chi connectivity index (χ2v) is 5.71. The molecule has 0 saturated heterocycles. The number of hydrogen-bond donors (Lipinski definition) is 2. The fourth-order valence-corrected chi connectivity index (χ4v) is 2.21. The minimum absolute atomic E-state index is 0.0555. The van der Waals surface area contributed by atoms with Crippen molar-refractivity contribution in [1.29, 1.82) is 0 Å². The summed E-state index contributed by atoms with van der Waals surface area (Å²) in [5.41, 5.74) is 0. The van der Waals surface area contributed by atoms with Gasteiger partial charge in [0.2, 0.25) is 5.13 Å². The number of anilines is 1. The number of hydrogen-bond acceptors (Lipinski definition) is 5. The molecule has 0 aliphatic heterocycles. The Bertz CT molecular complexity index is 392. The van der Waals surface area contributed by atoms with Crippen LogP contribution in [0.1, 0.15) is 39.9 Å². The van der Waals surface area contributed by atoms with Crippen LogP contribution < -0.4 is 5.32 Å². The van der Waals surface area contributed by atoms with Crippen molar-refractivity contribution in [3.05, 3.63) is 5.82 Å². The highest BCUT2D eigenvalue weighted by Crippen LogP contribution is 2.18. The second-order valence-electron chi connectivity index (χ2n) is 4.96. The van der Waals surface area contributed by atoms with Crippen LogP contribution in [0, 0.1) is 11.8 Å². The van der Waals surface area contributed by atoms with E-state index in [2.05, 4.69) is 28.5 Å². The Balaban J connectivity index is 2.69. The zero-order chi connectivity index (χ0) is 13.7. The molecule has 1 aromatic heterocycles. The molecule has 2 N–H and O–H groups in total. The number of carboxylic acid groups (broad SMARTS) is 1. The number of aliphatic carboxylic acids is 1. The smallest absolute Gasteiger partial charge is 0.326 e. The first-order valence-corrected chi connectivity index (χ1v) is 7.03. The third-order valence-corrected chi connectivity index (χ3v) is 3.50. The summed E-state index contributed by atoms with van der Waals surface area (Å²) in [4.78, 5) is 15.5. The number of nitrogens with one attached hydrogen (secondary N) is 1. The number of carbonyl (C=O) groups is 1. The van der Waals surface area contributed by atoms with E-state index in [1.54, 1.807) is 0 Å². The summed E-state index contributed by atoms with van der Waals surface area (Å²) in [6, 6.07) is -0.602. The molecule has 0 aliphatic carbocycles. The van der Waals surface area contributed by atoms with Crippen molar-refractivity contribution >= 4 is 22.6 Å². The molecule has 1 aromatic rings. The summed E-state index contributed by atoms with van der Waals surface area (Å²) in [6.45, 7) is 8.11. The molecule has 0 amide bonds. The van der Waals surface area contributed by atoms with Gasteiger partial charge in [-0.3, -0.25) is 0 Å². The molecule has 1 rings (SSSR count). The fraction of sp³-hybridized carbons (Fsp3) is 0.750. The van der Waals surface area contributed by atoms with E-state index in [-0.39, 0.29) is 5.92 Å². The molecule has 0 aromatic carbocycles. The Morgan fingerprint density at radius 1 is 1.44 bits per heavy atom. The van der Waals surface area contributed by atoms with E-state index in [1.165, 1.54) is 11.5 Å². The molecule has 1 heterocycles. The van der Waals surface area contributed by atoms with Gasteiger partial charge in [0.05, 0.1) is 0 Å². The largest absolute Gasteiger partial charge is 0.480 e. The summed E-state index contributed by atoms with van der Waals surface area (Å²) in [5, 5.41) is 12.7. The van der Waals surface area contributed by atoms with Crippen molar-refractivity contribution in [3.8, 4) is 0 Å². The van der Waals surface area contributed by atoms with Gasteiger partial charge in [-0.15, -0.1) is 0 Å². The molecule has 6 heteroatoms. The van der Waals surface area contributed by atoms with E-state index < -0.39 is 12.0 Å². The van der Waals surface area contributed by atoms with Crippen LogP contribution in [0.4, 0.5) is 5.13 Å². The quantitative estimate of drug-likeness (QED) is 0.797. The average Bonchev–Trinajstić information content (AvgIpc) is 2.71. The van der Waals surface area contributed by atoms with Crippen LogP contribution in [0.3, 0.4) is 0 Å². The Kier molecular flexibility index (Phi) is 5.53. The molecule has 0 bridgehead atoms. The van der Waals surface area contributed by atoms with E-state index in [9.17, 15) is 9.90 Å². The van der Waals surface area contributed by atoms with Crippen LogP contribution >= 0.6 is 11.5 Å². The van der Waals surface area contributed by atoms with Gasteiger partial charge in [-0.25, -0.2) is 9.78 Å². The lowest BCUT2D eigenvalue weighted by molar-refractivity contribution is -0.139. The Morgan fingerprint density at radius 3 is 2.61 bits per heavy atom. The van der Waals surface area contributed by atoms with Crippen molar-refractivity contribution in [2.75, 3.05) is 5.32 Å². The molecule has 0 saturated carbocycles. The molecule has 18 heavy (non-hydrogen) atoms. The number of rotatable bonds is 7. The lowest BCUT2D eigenvalue weighted by Crippen LogP contribution is -2.35. The number of nitrogens with zero attached hydrogens (tertiary/aromatic N) is 2. The van der Waals surface area contributed by atoms with Crippen LogP contribution in [0.25, 0.3) is 0 Å². The van der Waals surface area contributed by atoms with Gasteiger partial charge in [0.25, 0.3) is 0 Å². The van der Waals surface area contributed by atoms with Gasteiger partial charge in [-0.2, -0.15) is 4.37 Å². The molecular formula is C12H21N3O2S. The van der Waals surface area contributed by atoms with Gasteiger partial charge in [-0.05, 0) is 11.8 Å². The first kappa shape index (κ1) is 14.9. The van der Waals surface area contributed by atoms with Crippen LogP contribution in [0.15, 0.2) is 0 Å². The summed E-state index contributed by atoms with van der Waals surface area (Å²) < 4.78 is 4.23. The molecule has 5 nitrogen and oxygen atoms in total. The standard InChI is InChI=1S/C12H21N3O2S/c1-5-8(4)10(11(16)17)14-12-13-9(15-18-12)6-7(2)3/h7-8,10H,5-6H2,1-4H3,(H,16,17)(H,13,14,15)/t8-,10-/m0/s1. The number of carboxylic acids is 1. The minimum atomic E-state index is -0.843. The van der Waals surface area contributed by atoms with Crippen molar-refractivity contribution < 1.29 is 9.90 Å². The van der Waals surface area contributed by atoms with Crippen LogP contribution in [-0.4, -0.2) is 26.5 Å². The molecule has 0 spiro atoms. The second kappa shape index (κ2) is 6.68. The Morgan fingerprint density at radius 2 is 2.11 bits per heavy atom. The van der Waals surface area contributed by atoms with Crippen LogP contribution in [-0.2, 0) is 11.2 Å². The normalized spacial score (nSPS) is 14.5. The molecule has 0 unspecified atom stereocenters. The number of aromatic nitrogens is 2. The topological polar surface area (TPSA) is 75.1 Å². The summed E-state index contributed by atoms with van der Waals surface area (Å²) in [7, 11) is 0. The first-order valence-electron chi connectivity index (χ1n) is 6.26. The fourth-order valence-electron chi connectivity index (χ4n) is 1.58. The van der Waals surface area contributed by atoms with E-state index in [0.717, 1.165) is 18.7 Å². The highest BCUT2D eigenvalue weighted by Gasteiger charge is 2.24. The first-order chi connectivity index (χ1) is 8.43. The SMILES string of the molecule is CC[C@H](C)[C@H](Nc1nc(CC(C)C)ns1)C(=O)O.